The second kappa shape index (κ2) is 4.67. The molecule has 1 aromatic rings. The summed E-state index contributed by atoms with van der Waals surface area (Å²) in [5.41, 5.74) is 8.63. The van der Waals surface area contributed by atoms with Crippen LogP contribution in [0, 0.1) is 5.92 Å². The molecule has 1 fully saturated rings. The molecular formula is C14H20N2O. The monoisotopic (exact) mass is 232 g/mol. The molecule has 2 unspecified atom stereocenters. The van der Waals surface area contributed by atoms with Gasteiger partial charge in [0.15, 0.2) is 0 Å². The highest BCUT2D eigenvalue weighted by molar-refractivity contribution is 5.41. The summed E-state index contributed by atoms with van der Waals surface area (Å²) < 4.78 is 5.65. The first kappa shape index (κ1) is 11.1. The molecule has 0 radical (unpaired) electrons. The number of piperidine rings is 1. The van der Waals surface area contributed by atoms with Crippen LogP contribution in [0.15, 0.2) is 18.2 Å². The minimum absolute atomic E-state index is 0.559. The summed E-state index contributed by atoms with van der Waals surface area (Å²) in [6.45, 7) is 3.74. The molecule has 2 heterocycles. The van der Waals surface area contributed by atoms with Gasteiger partial charge in [-0.1, -0.05) is 12.1 Å². The summed E-state index contributed by atoms with van der Waals surface area (Å²) in [5.74, 6) is 2.25. The molecule has 3 nitrogen and oxygen atoms in total. The average Bonchev–Trinajstić information content (AvgIpc) is 2.85. The number of nitrogens with two attached hydrogens (primary N) is 1. The van der Waals surface area contributed by atoms with Crippen LogP contribution in [0.3, 0.4) is 0 Å². The van der Waals surface area contributed by atoms with Crippen molar-refractivity contribution in [3.63, 3.8) is 0 Å². The van der Waals surface area contributed by atoms with Gasteiger partial charge in [0.2, 0.25) is 0 Å². The first-order valence-electron chi connectivity index (χ1n) is 6.55. The second-order valence-corrected chi connectivity index (χ2v) is 5.06. The van der Waals surface area contributed by atoms with Crippen molar-refractivity contribution < 1.29 is 4.74 Å². The van der Waals surface area contributed by atoms with E-state index < -0.39 is 0 Å². The SMILES string of the molecule is NCC1CNCCC1c1ccc2c(c1)OCC2. The molecule has 0 saturated carbocycles. The smallest absolute Gasteiger partial charge is 0.122 e. The van der Waals surface area contributed by atoms with Gasteiger partial charge in [-0.15, -0.1) is 0 Å². The quantitative estimate of drug-likeness (QED) is 0.807. The third-order valence-electron chi connectivity index (χ3n) is 4.06. The predicted octanol–water partition coefficient (Wildman–Crippen LogP) is 1.27. The fraction of sp³-hybridized carbons (Fsp3) is 0.571. The van der Waals surface area contributed by atoms with Crippen molar-refractivity contribution in [3.05, 3.63) is 29.3 Å². The van der Waals surface area contributed by atoms with Crippen LogP contribution < -0.4 is 15.8 Å². The Morgan fingerprint density at radius 3 is 3.24 bits per heavy atom. The lowest BCUT2D eigenvalue weighted by Crippen LogP contribution is -2.39. The Labute approximate surface area is 102 Å². The van der Waals surface area contributed by atoms with Crippen LogP contribution in [0.4, 0.5) is 0 Å². The summed E-state index contributed by atoms with van der Waals surface area (Å²) in [7, 11) is 0. The Balaban J connectivity index is 1.87. The number of rotatable bonds is 2. The molecule has 1 aromatic carbocycles. The number of nitrogens with one attached hydrogen (secondary N) is 1. The lowest BCUT2D eigenvalue weighted by molar-refractivity contribution is 0.330. The van der Waals surface area contributed by atoms with Crippen LogP contribution in [0.2, 0.25) is 0 Å². The van der Waals surface area contributed by atoms with Gasteiger partial charge in [0, 0.05) is 6.42 Å². The van der Waals surface area contributed by atoms with Gasteiger partial charge < -0.3 is 15.8 Å². The zero-order chi connectivity index (χ0) is 11.7. The largest absolute Gasteiger partial charge is 0.493 e. The fourth-order valence-electron chi connectivity index (χ4n) is 3.02. The molecular weight excluding hydrogens is 212 g/mol. The van der Waals surface area contributed by atoms with Crippen molar-refractivity contribution in [2.45, 2.75) is 18.8 Å². The highest BCUT2D eigenvalue weighted by Gasteiger charge is 2.26. The van der Waals surface area contributed by atoms with Crippen molar-refractivity contribution >= 4 is 0 Å². The number of benzene rings is 1. The molecule has 2 aliphatic heterocycles. The summed E-state index contributed by atoms with van der Waals surface area (Å²) in [6.07, 6.45) is 2.24. The van der Waals surface area contributed by atoms with E-state index in [0.29, 0.717) is 11.8 Å². The van der Waals surface area contributed by atoms with Crippen molar-refractivity contribution in [1.82, 2.24) is 5.32 Å². The van der Waals surface area contributed by atoms with Crippen LogP contribution >= 0.6 is 0 Å². The Bertz CT molecular complexity index is 405. The van der Waals surface area contributed by atoms with Gasteiger partial charge in [0.1, 0.15) is 5.75 Å². The van der Waals surface area contributed by atoms with E-state index in [9.17, 15) is 0 Å². The lowest BCUT2D eigenvalue weighted by atomic mass is 9.81. The molecule has 1 saturated heterocycles. The zero-order valence-corrected chi connectivity index (χ0v) is 10.1. The van der Waals surface area contributed by atoms with Crippen LogP contribution in [0.5, 0.6) is 5.75 Å². The molecule has 0 bridgehead atoms. The summed E-state index contributed by atoms with van der Waals surface area (Å²) in [6, 6.07) is 6.74. The normalized spacial score (nSPS) is 27.6. The number of ether oxygens (including phenoxy) is 1. The standard InChI is InChI=1S/C14H20N2O/c15-8-12-9-16-5-3-13(12)11-2-1-10-4-6-17-14(10)7-11/h1-2,7,12-13,16H,3-6,8-9,15H2. The molecule has 3 N–H and O–H groups in total. The van der Waals surface area contributed by atoms with Gasteiger partial charge in [-0.05, 0) is 55.1 Å². The van der Waals surface area contributed by atoms with E-state index in [2.05, 4.69) is 23.5 Å². The van der Waals surface area contributed by atoms with E-state index in [-0.39, 0.29) is 0 Å². The minimum atomic E-state index is 0.559. The number of fused-ring (bicyclic) bond motifs is 1. The molecule has 0 aromatic heterocycles. The summed E-state index contributed by atoms with van der Waals surface area (Å²) in [5, 5.41) is 3.43. The van der Waals surface area contributed by atoms with Gasteiger partial charge in [-0.3, -0.25) is 0 Å². The van der Waals surface area contributed by atoms with Gasteiger partial charge in [0.25, 0.3) is 0 Å². The van der Waals surface area contributed by atoms with E-state index in [4.69, 9.17) is 10.5 Å². The molecule has 3 heteroatoms. The Morgan fingerprint density at radius 1 is 1.41 bits per heavy atom. The van der Waals surface area contributed by atoms with Crippen molar-refractivity contribution in [1.29, 1.82) is 0 Å². The van der Waals surface area contributed by atoms with Crippen molar-refractivity contribution in [3.8, 4) is 5.75 Å². The molecule has 0 amide bonds. The first-order valence-corrected chi connectivity index (χ1v) is 6.55. The zero-order valence-electron chi connectivity index (χ0n) is 10.1. The maximum atomic E-state index is 5.87. The topological polar surface area (TPSA) is 47.3 Å². The molecule has 92 valence electrons. The van der Waals surface area contributed by atoms with Gasteiger partial charge in [-0.2, -0.15) is 0 Å². The minimum Gasteiger partial charge on any atom is -0.493 e. The van der Waals surface area contributed by atoms with E-state index in [0.717, 1.165) is 38.4 Å². The molecule has 2 atom stereocenters. The van der Waals surface area contributed by atoms with Gasteiger partial charge in [0.05, 0.1) is 6.61 Å². The third kappa shape index (κ3) is 2.05. The van der Waals surface area contributed by atoms with Crippen molar-refractivity contribution in [2.75, 3.05) is 26.2 Å². The Kier molecular flexibility index (Phi) is 3.04. The van der Waals surface area contributed by atoms with E-state index >= 15 is 0 Å². The van der Waals surface area contributed by atoms with E-state index in [1.54, 1.807) is 0 Å². The Hall–Kier alpha value is -1.06. The molecule has 3 rings (SSSR count). The Morgan fingerprint density at radius 2 is 2.35 bits per heavy atom. The molecule has 2 aliphatic rings. The fourth-order valence-corrected chi connectivity index (χ4v) is 3.02. The maximum absolute atomic E-state index is 5.87. The second-order valence-electron chi connectivity index (χ2n) is 5.06. The average molecular weight is 232 g/mol. The van der Waals surface area contributed by atoms with Crippen LogP contribution in [-0.2, 0) is 6.42 Å². The van der Waals surface area contributed by atoms with Crippen LogP contribution in [0.25, 0.3) is 0 Å². The van der Waals surface area contributed by atoms with E-state index in [1.165, 1.54) is 17.5 Å². The highest BCUT2D eigenvalue weighted by atomic mass is 16.5. The summed E-state index contributed by atoms with van der Waals surface area (Å²) >= 11 is 0. The van der Waals surface area contributed by atoms with Gasteiger partial charge >= 0.3 is 0 Å². The number of hydrogen-bond acceptors (Lipinski definition) is 3. The highest BCUT2D eigenvalue weighted by Crippen LogP contribution is 2.34. The van der Waals surface area contributed by atoms with Crippen LogP contribution in [0.1, 0.15) is 23.5 Å². The molecule has 17 heavy (non-hydrogen) atoms. The van der Waals surface area contributed by atoms with E-state index in [1.807, 2.05) is 0 Å². The first-order chi connectivity index (χ1) is 8.38. The molecule has 0 aliphatic carbocycles. The van der Waals surface area contributed by atoms with Crippen molar-refractivity contribution in [2.24, 2.45) is 11.7 Å². The number of hydrogen-bond donors (Lipinski definition) is 2. The third-order valence-corrected chi connectivity index (χ3v) is 4.06. The lowest BCUT2D eigenvalue weighted by Gasteiger charge is -2.31. The van der Waals surface area contributed by atoms with Crippen LogP contribution in [-0.4, -0.2) is 26.2 Å². The van der Waals surface area contributed by atoms with Gasteiger partial charge in [-0.25, -0.2) is 0 Å². The maximum Gasteiger partial charge on any atom is 0.122 e. The summed E-state index contributed by atoms with van der Waals surface area (Å²) in [4.78, 5) is 0. The predicted molar refractivity (Wildman–Crippen MR) is 68.4 cm³/mol. The molecule has 0 spiro atoms.